The predicted molar refractivity (Wildman–Crippen MR) is 110 cm³/mol. The number of anilines is 2. The molecule has 0 unspecified atom stereocenters. The topological polar surface area (TPSA) is 127 Å². The molecule has 1 aliphatic heterocycles. The molecule has 0 bridgehead atoms. The van der Waals surface area contributed by atoms with E-state index >= 15 is 0 Å². The molecule has 4 N–H and O–H groups in total. The number of nitrogens with one attached hydrogen (secondary N) is 2. The van der Waals surface area contributed by atoms with E-state index in [1.54, 1.807) is 25.3 Å². The minimum atomic E-state index is -0.628. The molecule has 1 saturated heterocycles. The van der Waals surface area contributed by atoms with Crippen LogP contribution in [0.2, 0.25) is 0 Å². The molecule has 1 amide bonds. The van der Waals surface area contributed by atoms with Crippen molar-refractivity contribution in [2.75, 3.05) is 37.9 Å². The van der Waals surface area contributed by atoms with Crippen LogP contribution in [0, 0.1) is 0 Å². The molecule has 3 heterocycles. The Hall–Kier alpha value is -3.40. The van der Waals surface area contributed by atoms with Crippen LogP contribution in [-0.4, -0.2) is 65.0 Å². The number of hydrogen-bond donors (Lipinski definition) is 3. The molecule has 0 aliphatic carbocycles. The fraction of sp³-hybridized carbons (Fsp3) is 0.368. The maximum absolute atomic E-state index is 11.6. The molecule has 2 aromatic rings. The van der Waals surface area contributed by atoms with E-state index in [2.05, 4.69) is 25.6 Å². The smallest absolute Gasteiger partial charge is 0.254 e. The van der Waals surface area contributed by atoms with Gasteiger partial charge in [0.15, 0.2) is 11.9 Å². The quantitative estimate of drug-likeness (QED) is 0.341. The molecule has 0 aromatic carbocycles. The Balaban J connectivity index is 1.79. The number of primary amides is 1. The van der Waals surface area contributed by atoms with Gasteiger partial charge >= 0.3 is 0 Å². The highest BCUT2D eigenvalue weighted by atomic mass is 16.5. The van der Waals surface area contributed by atoms with Gasteiger partial charge in [0, 0.05) is 39.4 Å². The zero-order valence-corrected chi connectivity index (χ0v) is 16.5. The third-order valence-electron chi connectivity index (χ3n) is 4.76. The van der Waals surface area contributed by atoms with Crippen molar-refractivity contribution < 1.29 is 14.3 Å². The van der Waals surface area contributed by atoms with Gasteiger partial charge in [0.1, 0.15) is 17.2 Å². The standard InChI is InChI=1S/C19H25N7O3/c1-21-17-10-16(24-19-15(18(20)28)11-22-26(17)19)23-13(12-27)4-3-7-25(2)14-5-8-29-9-6-14/h3-4,7,10-12,14,21H,5-6,8-9H2,1-2H3,(H2,20,28)(H,23,24)/b7-3-,13-4+. The summed E-state index contributed by atoms with van der Waals surface area (Å²) in [4.78, 5) is 29.6. The SMILES string of the molecule is CNc1cc(N/C(C=O)=C/C=C\N(C)C2CCOCC2)nc2c(C(N)=O)cnn12. The molecule has 29 heavy (non-hydrogen) atoms. The van der Waals surface area contributed by atoms with Crippen molar-refractivity contribution in [1.82, 2.24) is 19.5 Å². The summed E-state index contributed by atoms with van der Waals surface area (Å²) in [6.07, 6.45) is 9.42. The summed E-state index contributed by atoms with van der Waals surface area (Å²) in [7, 11) is 3.73. The Kier molecular flexibility index (Phi) is 6.45. The van der Waals surface area contributed by atoms with Crippen LogP contribution in [0.5, 0.6) is 0 Å². The first-order valence-electron chi connectivity index (χ1n) is 9.30. The van der Waals surface area contributed by atoms with Crippen molar-refractivity contribution in [1.29, 1.82) is 0 Å². The molecule has 0 spiro atoms. The van der Waals surface area contributed by atoms with Crippen LogP contribution in [0.25, 0.3) is 5.65 Å². The van der Waals surface area contributed by atoms with Crippen molar-refractivity contribution >= 4 is 29.5 Å². The summed E-state index contributed by atoms with van der Waals surface area (Å²) < 4.78 is 6.85. The van der Waals surface area contributed by atoms with Gasteiger partial charge < -0.3 is 26.0 Å². The van der Waals surface area contributed by atoms with Crippen LogP contribution in [-0.2, 0) is 9.53 Å². The van der Waals surface area contributed by atoms with E-state index in [0.717, 1.165) is 26.1 Å². The number of aldehydes is 1. The van der Waals surface area contributed by atoms with E-state index in [0.29, 0.717) is 35.3 Å². The number of allylic oxidation sites excluding steroid dienone is 3. The summed E-state index contributed by atoms with van der Waals surface area (Å²) in [6, 6.07) is 2.11. The molecule has 0 atom stereocenters. The number of hydrogen-bond acceptors (Lipinski definition) is 8. The third kappa shape index (κ3) is 4.72. The Morgan fingerprint density at radius 3 is 2.83 bits per heavy atom. The van der Waals surface area contributed by atoms with Crippen molar-refractivity contribution in [3.05, 3.63) is 41.9 Å². The van der Waals surface area contributed by atoms with Crippen LogP contribution < -0.4 is 16.4 Å². The number of aromatic nitrogens is 3. The lowest BCUT2D eigenvalue weighted by Crippen LogP contribution is -2.33. The largest absolute Gasteiger partial charge is 0.381 e. The highest BCUT2D eigenvalue weighted by molar-refractivity contribution is 5.99. The molecular weight excluding hydrogens is 374 g/mol. The molecule has 1 aliphatic rings. The van der Waals surface area contributed by atoms with E-state index in [1.807, 2.05) is 13.2 Å². The Morgan fingerprint density at radius 1 is 1.41 bits per heavy atom. The molecule has 0 radical (unpaired) electrons. The lowest BCUT2D eigenvalue weighted by atomic mass is 10.1. The van der Waals surface area contributed by atoms with Gasteiger partial charge in [-0.05, 0) is 31.2 Å². The number of ether oxygens (including phenoxy) is 1. The number of carbonyl (C=O) groups excluding carboxylic acids is 2. The van der Waals surface area contributed by atoms with Crippen molar-refractivity contribution in [2.45, 2.75) is 18.9 Å². The van der Waals surface area contributed by atoms with E-state index in [-0.39, 0.29) is 5.56 Å². The van der Waals surface area contributed by atoms with Gasteiger partial charge in [0.2, 0.25) is 0 Å². The van der Waals surface area contributed by atoms with Crippen LogP contribution in [0.4, 0.5) is 11.6 Å². The fourth-order valence-electron chi connectivity index (χ4n) is 3.13. The predicted octanol–water partition coefficient (Wildman–Crippen LogP) is 0.989. The van der Waals surface area contributed by atoms with Crippen molar-refractivity contribution in [3.63, 3.8) is 0 Å². The molecule has 0 saturated carbocycles. The normalized spacial score (nSPS) is 15.6. The average molecular weight is 399 g/mol. The molecule has 10 heteroatoms. The summed E-state index contributed by atoms with van der Waals surface area (Å²) in [5.74, 6) is 0.344. The molecular formula is C19H25N7O3. The van der Waals surface area contributed by atoms with Gasteiger partial charge in [0.05, 0.1) is 11.9 Å². The minimum Gasteiger partial charge on any atom is -0.381 e. The van der Waals surface area contributed by atoms with E-state index in [4.69, 9.17) is 10.5 Å². The van der Waals surface area contributed by atoms with E-state index in [1.165, 1.54) is 10.7 Å². The fourth-order valence-corrected chi connectivity index (χ4v) is 3.13. The van der Waals surface area contributed by atoms with Crippen molar-refractivity contribution in [3.8, 4) is 0 Å². The van der Waals surface area contributed by atoms with Crippen LogP contribution in [0.15, 0.2) is 36.3 Å². The Morgan fingerprint density at radius 2 is 2.17 bits per heavy atom. The van der Waals surface area contributed by atoms with Gasteiger partial charge in [-0.15, -0.1) is 0 Å². The summed E-state index contributed by atoms with van der Waals surface area (Å²) in [5, 5.41) is 10.1. The van der Waals surface area contributed by atoms with Gasteiger partial charge in [0.25, 0.3) is 5.91 Å². The highest BCUT2D eigenvalue weighted by Gasteiger charge is 2.16. The lowest BCUT2D eigenvalue weighted by Gasteiger charge is -2.30. The number of carbonyl (C=O) groups is 2. The van der Waals surface area contributed by atoms with Crippen molar-refractivity contribution in [2.24, 2.45) is 5.73 Å². The summed E-state index contributed by atoms with van der Waals surface area (Å²) in [5.41, 5.74) is 6.20. The first kappa shape index (κ1) is 20.3. The summed E-state index contributed by atoms with van der Waals surface area (Å²) >= 11 is 0. The number of nitrogens with two attached hydrogens (primary N) is 1. The third-order valence-corrected chi connectivity index (χ3v) is 4.76. The first-order chi connectivity index (χ1) is 14.0. The highest BCUT2D eigenvalue weighted by Crippen LogP contribution is 2.19. The minimum absolute atomic E-state index is 0.194. The Bertz CT molecular complexity index is 945. The number of fused-ring (bicyclic) bond motifs is 1. The van der Waals surface area contributed by atoms with Crippen LogP contribution in [0.3, 0.4) is 0 Å². The lowest BCUT2D eigenvalue weighted by molar-refractivity contribution is -0.104. The second-order valence-corrected chi connectivity index (χ2v) is 6.65. The van der Waals surface area contributed by atoms with Gasteiger partial charge in [-0.25, -0.2) is 4.98 Å². The number of rotatable bonds is 8. The van der Waals surface area contributed by atoms with E-state index < -0.39 is 5.91 Å². The van der Waals surface area contributed by atoms with Gasteiger partial charge in [-0.2, -0.15) is 9.61 Å². The Labute approximate surface area is 168 Å². The van der Waals surface area contributed by atoms with Crippen LogP contribution >= 0.6 is 0 Å². The molecule has 3 rings (SSSR count). The molecule has 154 valence electrons. The second kappa shape index (κ2) is 9.20. The van der Waals surface area contributed by atoms with Crippen LogP contribution in [0.1, 0.15) is 23.2 Å². The molecule has 2 aromatic heterocycles. The first-order valence-corrected chi connectivity index (χ1v) is 9.30. The zero-order valence-electron chi connectivity index (χ0n) is 16.5. The number of amides is 1. The maximum atomic E-state index is 11.6. The van der Waals surface area contributed by atoms with Gasteiger partial charge in [-0.1, -0.05) is 0 Å². The average Bonchev–Trinajstić information content (AvgIpc) is 3.17. The maximum Gasteiger partial charge on any atom is 0.254 e. The van der Waals surface area contributed by atoms with E-state index in [9.17, 15) is 9.59 Å². The monoisotopic (exact) mass is 399 g/mol. The second-order valence-electron chi connectivity index (χ2n) is 6.65. The molecule has 10 nitrogen and oxygen atoms in total. The van der Waals surface area contributed by atoms with Gasteiger partial charge in [-0.3, -0.25) is 9.59 Å². The molecule has 1 fully saturated rings. The zero-order chi connectivity index (χ0) is 20.8. The number of nitrogens with zero attached hydrogens (tertiary/aromatic N) is 4. The summed E-state index contributed by atoms with van der Waals surface area (Å²) in [6.45, 7) is 1.54.